The molecule has 0 radical (unpaired) electrons. The predicted octanol–water partition coefficient (Wildman–Crippen LogP) is 2.63. The first-order chi connectivity index (χ1) is 12.3. The lowest BCUT2D eigenvalue weighted by Crippen LogP contribution is -2.51. The average molecular weight is 357 g/mol. The summed E-state index contributed by atoms with van der Waals surface area (Å²) in [6.45, 7) is 4.95. The highest BCUT2D eigenvalue weighted by molar-refractivity contribution is 7.13. The largest absolute Gasteiger partial charge is 0.368 e. The van der Waals surface area contributed by atoms with Crippen molar-refractivity contribution in [3.63, 3.8) is 0 Å². The summed E-state index contributed by atoms with van der Waals surface area (Å²) < 4.78 is 5.52. The van der Waals surface area contributed by atoms with Crippen molar-refractivity contribution in [3.05, 3.63) is 41.4 Å². The number of carbonyl (C=O) groups is 1. The van der Waals surface area contributed by atoms with Crippen molar-refractivity contribution in [2.75, 3.05) is 32.8 Å². The predicted molar refractivity (Wildman–Crippen MR) is 98.4 cm³/mol. The van der Waals surface area contributed by atoms with Crippen molar-refractivity contribution in [2.45, 2.75) is 25.5 Å². The fourth-order valence-electron chi connectivity index (χ4n) is 3.42. The number of hydrogen-bond acceptors (Lipinski definition) is 5. The molecule has 1 aromatic heterocycles. The maximum atomic E-state index is 12.4. The van der Waals surface area contributed by atoms with E-state index in [0.29, 0.717) is 0 Å². The lowest BCUT2D eigenvalue weighted by molar-refractivity contribution is -0.142. The third kappa shape index (κ3) is 3.92. The van der Waals surface area contributed by atoms with E-state index in [-0.39, 0.29) is 12.0 Å². The third-order valence-corrected chi connectivity index (χ3v) is 5.79. The molecule has 2 aliphatic heterocycles. The Labute approximate surface area is 152 Å². The number of carbonyl (C=O) groups excluding carboxylic acids is 1. The number of thiazole rings is 1. The SMILES string of the molecule is O=C([C@H]1CCCO1)N1CCN(Cc2csc(-c3ccccc3)n2)CC1. The lowest BCUT2D eigenvalue weighted by Gasteiger charge is -2.35. The minimum atomic E-state index is -0.196. The lowest BCUT2D eigenvalue weighted by atomic mass is 10.2. The van der Waals surface area contributed by atoms with Gasteiger partial charge in [0.25, 0.3) is 5.91 Å². The van der Waals surface area contributed by atoms with Crippen molar-refractivity contribution in [1.29, 1.82) is 0 Å². The van der Waals surface area contributed by atoms with Gasteiger partial charge in [0, 0.05) is 50.3 Å². The first kappa shape index (κ1) is 16.7. The molecule has 5 nitrogen and oxygen atoms in total. The molecule has 2 aliphatic rings. The monoisotopic (exact) mass is 357 g/mol. The number of aromatic nitrogens is 1. The molecule has 0 saturated carbocycles. The molecule has 25 heavy (non-hydrogen) atoms. The van der Waals surface area contributed by atoms with Crippen LogP contribution >= 0.6 is 11.3 Å². The van der Waals surface area contributed by atoms with Gasteiger partial charge in [0.15, 0.2) is 0 Å². The first-order valence-corrected chi connectivity index (χ1v) is 9.80. The molecule has 0 unspecified atom stereocenters. The van der Waals surface area contributed by atoms with Crippen LogP contribution in [0.1, 0.15) is 18.5 Å². The molecule has 132 valence electrons. The van der Waals surface area contributed by atoms with Gasteiger partial charge in [0.2, 0.25) is 0 Å². The minimum absolute atomic E-state index is 0.178. The quantitative estimate of drug-likeness (QED) is 0.844. The van der Waals surface area contributed by atoms with Crippen LogP contribution in [0.2, 0.25) is 0 Å². The van der Waals surface area contributed by atoms with Crippen LogP contribution in [0, 0.1) is 0 Å². The molecule has 2 fully saturated rings. The molecule has 0 aliphatic carbocycles. The summed E-state index contributed by atoms with van der Waals surface area (Å²) in [5.41, 5.74) is 2.29. The van der Waals surface area contributed by atoms with Gasteiger partial charge in [-0.3, -0.25) is 9.69 Å². The molecule has 1 amide bonds. The van der Waals surface area contributed by atoms with Crippen molar-refractivity contribution in [3.8, 4) is 10.6 Å². The number of nitrogens with zero attached hydrogens (tertiary/aromatic N) is 3. The zero-order chi connectivity index (χ0) is 17.1. The van der Waals surface area contributed by atoms with Gasteiger partial charge < -0.3 is 9.64 Å². The zero-order valence-electron chi connectivity index (χ0n) is 14.3. The van der Waals surface area contributed by atoms with E-state index in [1.165, 1.54) is 5.56 Å². The Morgan fingerprint density at radius 3 is 2.72 bits per heavy atom. The Morgan fingerprint density at radius 2 is 2.00 bits per heavy atom. The summed E-state index contributed by atoms with van der Waals surface area (Å²) in [7, 11) is 0. The van der Waals surface area contributed by atoms with Gasteiger partial charge in [-0.15, -0.1) is 11.3 Å². The van der Waals surface area contributed by atoms with E-state index in [2.05, 4.69) is 22.4 Å². The van der Waals surface area contributed by atoms with Gasteiger partial charge in [0.05, 0.1) is 5.69 Å². The molecule has 4 rings (SSSR count). The van der Waals surface area contributed by atoms with Crippen molar-refractivity contribution in [1.82, 2.24) is 14.8 Å². The van der Waals surface area contributed by atoms with E-state index in [4.69, 9.17) is 9.72 Å². The first-order valence-electron chi connectivity index (χ1n) is 8.92. The highest BCUT2D eigenvalue weighted by Crippen LogP contribution is 2.24. The van der Waals surface area contributed by atoms with Gasteiger partial charge in [-0.1, -0.05) is 30.3 Å². The van der Waals surface area contributed by atoms with Crippen molar-refractivity contribution >= 4 is 17.2 Å². The summed E-state index contributed by atoms with van der Waals surface area (Å²) in [5, 5.41) is 3.22. The highest BCUT2D eigenvalue weighted by atomic mass is 32.1. The van der Waals surface area contributed by atoms with E-state index in [1.54, 1.807) is 11.3 Å². The minimum Gasteiger partial charge on any atom is -0.368 e. The van der Waals surface area contributed by atoms with Crippen LogP contribution in [0.15, 0.2) is 35.7 Å². The van der Waals surface area contributed by atoms with Crippen molar-refractivity contribution in [2.24, 2.45) is 0 Å². The normalized spacial score (nSPS) is 21.6. The summed E-state index contributed by atoms with van der Waals surface area (Å²) in [4.78, 5) is 21.5. The molecule has 1 atom stereocenters. The Balaban J connectivity index is 1.30. The van der Waals surface area contributed by atoms with E-state index in [9.17, 15) is 4.79 Å². The Morgan fingerprint density at radius 1 is 1.20 bits per heavy atom. The topological polar surface area (TPSA) is 45.7 Å². The molecule has 0 bridgehead atoms. The van der Waals surface area contributed by atoms with Crippen LogP contribution in [-0.4, -0.2) is 59.6 Å². The number of ether oxygens (including phenoxy) is 1. The molecule has 6 heteroatoms. The van der Waals surface area contributed by atoms with E-state index in [1.807, 2.05) is 23.1 Å². The zero-order valence-corrected chi connectivity index (χ0v) is 15.1. The average Bonchev–Trinajstić information content (AvgIpc) is 3.35. The summed E-state index contributed by atoms with van der Waals surface area (Å²) in [6.07, 6.45) is 1.68. The number of benzene rings is 1. The molecule has 0 N–H and O–H groups in total. The molecule has 1 aromatic carbocycles. The number of hydrogen-bond donors (Lipinski definition) is 0. The Bertz CT molecular complexity index is 704. The molecule has 0 spiro atoms. The van der Waals surface area contributed by atoms with E-state index in [0.717, 1.165) is 62.9 Å². The number of amides is 1. The van der Waals surface area contributed by atoms with Gasteiger partial charge in [-0.05, 0) is 12.8 Å². The molecule has 2 aromatic rings. The van der Waals surface area contributed by atoms with Crippen molar-refractivity contribution < 1.29 is 9.53 Å². The van der Waals surface area contributed by atoms with Crippen LogP contribution in [0.5, 0.6) is 0 Å². The number of rotatable bonds is 4. The molecular formula is C19H23N3O2S. The fraction of sp³-hybridized carbons (Fsp3) is 0.474. The second-order valence-electron chi connectivity index (χ2n) is 6.61. The van der Waals surface area contributed by atoms with Gasteiger partial charge in [-0.2, -0.15) is 0 Å². The maximum Gasteiger partial charge on any atom is 0.251 e. The van der Waals surface area contributed by atoms with Crippen LogP contribution in [0.3, 0.4) is 0 Å². The highest BCUT2D eigenvalue weighted by Gasteiger charge is 2.30. The fourth-order valence-corrected chi connectivity index (χ4v) is 4.24. The Hall–Kier alpha value is -1.76. The maximum absolute atomic E-state index is 12.4. The molecular weight excluding hydrogens is 334 g/mol. The standard InChI is InChI=1S/C19H23N3O2S/c23-19(17-7-4-12-24-17)22-10-8-21(9-11-22)13-16-14-25-18(20-16)15-5-2-1-3-6-15/h1-3,5-6,14,17H,4,7-13H2/t17-/m1/s1. The summed E-state index contributed by atoms with van der Waals surface area (Å²) >= 11 is 1.69. The second-order valence-corrected chi connectivity index (χ2v) is 7.47. The van der Waals surface area contributed by atoms with Gasteiger partial charge in [0.1, 0.15) is 11.1 Å². The van der Waals surface area contributed by atoms with Crippen LogP contribution in [-0.2, 0) is 16.1 Å². The van der Waals surface area contributed by atoms with Gasteiger partial charge >= 0.3 is 0 Å². The third-order valence-electron chi connectivity index (χ3n) is 4.85. The van der Waals surface area contributed by atoms with Crippen LogP contribution in [0.4, 0.5) is 0 Å². The second kappa shape index (κ2) is 7.64. The van der Waals surface area contributed by atoms with Crippen LogP contribution in [0.25, 0.3) is 10.6 Å². The van der Waals surface area contributed by atoms with E-state index >= 15 is 0 Å². The summed E-state index contributed by atoms with van der Waals surface area (Å²) in [5.74, 6) is 0.178. The Kier molecular flexibility index (Phi) is 5.10. The summed E-state index contributed by atoms with van der Waals surface area (Å²) in [6, 6.07) is 10.3. The van der Waals surface area contributed by atoms with E-state index < -0.39 is 0 Å². The number of piperazine rings is 1. The van der Waals surface area contributed by atoms with Crippen LogP contribution < -0.4 is 0 Å². The molecule has 3 heterocycles. The smallest absolute Gasteiger partial charge is 0.251 e. The molecule has 2 saturated heterocycles. The van der Waals surface area contributed by atoms with Gasteiger partial charge in [-0.25, -0.2) is 4.98 Å².